The second-order valence-electron chi connectivity index (χ2n) is 2.47. The fraction of sp³-hybridized carbons (Fsp3) is 1.00. The van der Waals surface area contributed by atoms with Crippen molar-refractivity contribution in [3.63, 3.8) is 0 Å². The summed E-state index contributed by atoms with van der Waals surface area (Å²) in [6.07, 6.45) is 1.77. The summed E-state index contributed by atoms with van der Waals surface area (Å²) >= 11 is 0. The second-order valence-corrected chi connectivity index (χ2v) is 2.47. The number of halogens is 2. The van der Waals surface area contributed by atoms with Gasteiger partial charge in [-0.3, -0.25) is 0 Å². The van der Waals surface area contributed by atoms with Gasteiger partial charge in [0.25, 0.3) is 5.92 Å². The fourth-order valence-electron chi connectivity index (χ4n) is 0.527. The highest BCUT2D eigenvalue weighted by atomic mass is 19.3. The van der Waals surface area contributed by atoms with E-state index in [1.807, 2.05) is 6.92 Å². The predicted octanol–water partition coefficient (Wildman–Crippen LogP) is 1.40. The molecule has 0 bridgehead atoms. The van der Waals surface area contributed by atoms with Gasteiger partial charge in [0.1, 0.15) is 6.61 Å². The highest BCUT2D eigenvalue weighted by molar-refractivity contribution is 4.64. The van der Waals surface area contributed by atoms with Gasteiger partial charge in [-0.15, -0.1) is 0 Å². The molecule has 2 N–H and O–H groups in total. The Kier molecular flexibility index (Phi) is 5.32. The maximum atomic E-state index is 12.3. The number of hydrogen-bond acceptors (Lipinski definition) is 2. The molecule has 68 valence electrons. The number of hydrogen-bond donors (Lipinski definition) is 1. The van der Waals surface area contributed by atoms with Gasteiger partial charge in [-0.1, -0.05) is 13.3 Å². The molecule has 0 atom stereocenters. The fourth-order valence-corrected chi connectivity index (χ4v) is 0.527. The Bertz CT molecular complexity index is 98.4. The third kappa shape index (κ3) is 6.19. The van der Waals surface area contributed by atoms with E-state index in [1.54, 1.807) is 0 Å². The number of nitrogens with two attached hydrogens (primary N) is 1. The molecule has 0 aromatic carbocycles. The van der Waals surface area contributed by atoms with Crippen LogP contribution in [0, 0.1) is 0 Å². The summed E-state index contributed by atoms with van der Waals surface area (Å²) in [5.41, 5.74) is 4.79. The molecule has 0 saturated heterocycles. The zero-order valence-electron chi connectivity index (χ0n) is 6.78. The first-order valence-corrected chi connectivity index (χ1v) is 3.78. The maximum Gasteiger partial charge on any atom is 0.282 e. The Hall–Kier alpha value is -0.220. The van der Waals surface area contributed by atoms with E-state index in [0.29, 0.717) is 6.61 Å². The monoisotopic (exact) mass is 167 g/mol. The molecule has 0 aromatic rings. The Morgan fingerprint density at radius 3 is 2.55 bits per heavy atom. The summed E-state index contributed by atoms with van der Waals surface area (Å²) < 4.78 is 29.4. The van der Waals surface area contributed by atoms with E-state index in [2.05, 4.69) is 0 Å². The highest BCUT2D eigenvalue weighted by Crippen LogP contribution is 2.10. The average Bonchev–Trinajstić information content (AvgIpc) is 1.99. The standard InChI is InChI=1S/C7H15F2NO/c1-2-3-4-11-6-7(8,9)5-10/h2-6,10H2,1H3. The maximum absolute atomic E-state index is 12.3. The normalized spacial score (nSPS) is 12.0. The summed E-state index contributed by atoms with van der Waals surface area (Å²) in [4.78, 5) is 0. The molecule has 11 heavy (non-hydrogen) atoms. The molecule has 0 rings (SSSR count). The Morgan fingerprint density at radius 2 is 2.09 bits per heavy atom. The number of ether oxygens (including phenoxy) is 1. The van der Waals surface area contributed by atoms with Gasteiger partial charge in [-0.2, -0.15) is 0 Å². The highest BCUT2D eigenvalue weighted by Gasteiger charge is 2.26. The summed E-state index contributed by atoms with van der Waals surface area (Å²) in [5.74, 6) is -2.85. The van der Waals surface area contributed by atoms with Crippen molar-refractivity contribution < 1.29 is 13.5 Å². The third-order valence-electron chi connectivity index (χ3n) is 1.25. The molecule has 0 radical (unpaired) electrons. The minimum absolute atomic E-state index is 0.395. The number of rotatable bonds is 6. The van der Waals surface area contributed by atoms with Crippen LogP contribution in [0.25, 0.3) is 0 Å². The average molecular weight is 167 g/mol. The molecule has 0 aliphatic heterocycles. The van der Waals surface area contributed by atoms with Crippen molar-refractivity contribution in [2.75, 3.05) is 19.8 Å². The van der Waals surface area contributed by atoms with Crippen LogP contribution in [0.5, 0.6) is 0 Å². The van der Waals surface area contributed by atoms with Crippen molar-refractivity contribution in [3.05, 3.63) is 0 Å². The minimum Gasteiger partial charge on any atom is -0.375 e. The van der Waals surface area contributed by atoms with Crippen LogP contribution in [0.15, 0.2) is 0 Å². The SMILES string of the molecule is CCCCOCC(F)(F)CN. The van der Waals surface area contributed by atoms with Crippen LogP contribution < -0.4 is 5.73 Å². The van der Waals surface area contributed by atoms with Gasteiger partial charge in [-0.25, -0.2) is 8.78 Å². The molecular weight excluding hydrogens is 152 g/mol. The molecule has 0 aliphatic carbocycles. The van der Waals surface area contributed by atoms with Crippen molar-refractivity contribution in [2.45, 2.75) is 25.7 Å². The molecule has 0 heterocycles. The number of alkyl halides is 2. The van der Waals surface area contributed by atoms with Crippen LogP contribution in [0.2, 0.25) is 0 Å². The molecule has 4 heteroatoms. The molecule has 2 nitrogen and oxygen atoms in total. The quantitative estimate of drug-likeness (QED) is 0.607. The molecule has 0 aromatic heterocycles. The number of unbranched alkanes of at least 4 members (excludes halogenated alkanes) is 1. The van der Waals surface area contributed by atoms with E-state index in [4.69, 9.17) is 10.5 Å². The predicted molar refractivity (Wildman–Crippen MR) is 39.7 cm³/mol. The van der Waals surface area contributed by atoms with E-state index in [0.717, 1.165) is 12.8 Å². The Balaban J connectivity index is 3.23. The van der Waals surface area contributed by atoms with Crippen LogP contribution >= 0.6 is 0 Å². The largest absolute Gasteiger partial charge is 0.375 e. The van der Waals surface area contributed by atoms with Crippen molar-refractivity contribution in [1.82, 2.24) is 0 Å². The van der Waals surface area contributed by atoms with Gasteiger partial charge in [0.05, 0.1) is 6.54 Å². The van der Waals surface area contributed by atoms with E-state index in [-0.39, 0.29) is 0 Å². The van der Waals surface area contributed by atoms with Gasteiger partial charge in [0, 0.05) is 6.61 Å². The van der Waals surface area contributed by atoms with Gasteiger partial charge in [0.15, 0.2) is 0 Å². The topological polar surface area (TPSA) is 35.2 Å². The molecule has 0 fully saturated rings. The van der Waals surface area contributed by atoms with Crippen molar-refractivity contribution in [3.8, 4) is 0 Å². The van der Waals surface area contributed by atoms with Crippen LogP contribution in [0.3, 0.4) is 0 Å². The second kappa shape index (κ2) is 5.43. The Labute approximate surface area is 65.7 Å². The lowest BCUT2D eigenvalue weighted by Gasteiger charge is -2.13. The van der Waals surface area contributed by atoms with Crippen molar-refractivity contribution in [1.29, 1.82) is 0 Å². The van der Waals surface area contributed by atoms with Gasteiger partial charge >= 0.3 is 0 Å². The zero-order valence-corrected chi connectivity index (χ0v) is 6.78. The summed E-state index contributed by atoms with van der Waals surface area (Å²) in [6.45, 7) is 1.18. The molecule has 0 amide bonds. The van der Waals surface area contributed by atoms with E-state index >= 15 is 0 Å². The first-order valence-electron chi connectivity index (χ1n) is 3.78. The molecular formula is C7H15F2NO. The van der Waals surface area contributed by atoms with Crippen LogP contribution in [-0.4, -0.2) is 25.7 Å². The van der Waals surface area contributed by atoms with Crippen LogP contribution in [-0.2, 0) is 4.74 Å². The molecule has 0 saturated carbocycles. The van der Waals surface area contributed by atoms with Gasteiger partial charge in [0.2, 0.25) is 0 Å². The lowest BCUT2D eigenvalue weighted by atomic mass is 10.3. The van der Waals surface area contributed by atoms with Gasteiger partial charge < -0.3 is 10.5 Å². The van der Waals surface area contributed by atoms with E-state index in [1.165, 1.54) is 0 Å². The van der Waals surface area contributed by atoms with Gasteiger partial charge in [-0.05, 0) is 6.42 Å². The molecule has 0 spiro atoms. The lowest BCUT2D eigenvalue weighted by Crippen LogP contribution is -2.33. The van der Waals surface area contributed by atoms with Crippen molar-refractivity contribution >= 4 is 0 Å². The lowest BCUT2D eigenvalue weighted by molar-refractivity contribution is -0.0696. The van der Waals surface area contributed by atoms with E-state index < -0.39 is 19.1 Å². The first-order chi connectivity index (χ1) is 5.12. The third-order valence-corrected chi connectivity index (χ3v) is 1.25. The molecule has 0 aliphatic rings. The molecule has 0 unspecified atom stereocenters. The van der Waals surface area contributed by atoms with Crippen LogP contribution in [0.1, 0.15) is 19.8 Å². The van der Waals surface area contributed by atoms with E-state index in [9.17, 15) is 8.78 Å². The van der Waals surface area contributed by atoms with Crippen molar-refractivity contribution in [2.24, 2.45) is 5.73 Å². The first kappa shape index (κ1) is 10.8. The summed E-state index contributed by atoms with van der Waals surface area (Å²) in [7, 11) is 0. The minimum atomic E-state index is -2.85. The van der Waals surface area contributed by atoms with Crippen LogP contribution in [0.4, 0.5) is 8.78 Å². The summed E-state index contributed by atoms with van der Waals surface area (Å²) in [6, 6.07) is 0. The zero-order chi connectivity index (χ0) is 8.74. The smallest absolute Gasteiger partial charge is 0.282 e. The summed E-state index contributed by atoms with van der Waals surface area (Å²) in [5, 5.41) is 0. The Morgan fingerprint density at radius 1 is 1.45 bits per heavy atom.